The van der Waals surface area contributed by atoms with Gasteiger partial charge in [-0.05, 0) is 99.2 Å². The summed E-state index contributed by atoms with van der Waals surface area (Å²) in [6.07, 6.45) is 0. The zero-order chi connectivity index (χ0) is 40.2. The molecule has 0 radical (unpaired) electrons. The average molecular weight is 694 g/mol. The maximum absolute atomic E-state index is 8.94. The monoisotopic (exact) mass is 693 g/mol. The van der Waals surface area contributed by atoms with Crippen molar-refractivity contribution in [3.8, 4) is 39.1 Å². The van der Waals surface area contributed by atoms with Crippen molar-refractivity contribution < 1.29 is 6.85 Å². The van der Waals surface area contributed by atoms with Crippen LogP contribution in [0.15, 0.2) is 218 Å². The Balaban J connectivity index is 1.18. The van der Waals surface area contributed by atoms with Gasteiger partial charge >= 0.3 is 0 Å². The van der Waals surface area contributed by atoms with Gasteiger partial charge in [-0.3, -0.25) is 0 Å². The predicted molar refractivity (Wildman–Crippen MR) is 229 cm³/mol. The second-order valence-corrected chi connectivity index (χ2v) is 13.4. The molecule has 0 saturated carbocycles. The zero-order valence-electron chi connectivity index (χ0n) is 34.3. The lowest BCUT2D eigenvalue weighted by atomic mass is 9.96. The smallest absolute Gasteiger partial charge is 0.0645 e. The molecule has 0 aliphatic rings. The molecular weight excluding hydrogens is 653 g/mol. The van der Waals surface area contributed by atoms with E-state index in [0.29, 0.717) is 0 Å². The normalized spacial score (nSPS) is 12.6. The van der Waals surface area contributed by atoms with Gasteiger partial charge < -0.3 is 9.47 Å². The molecule has 0 aliphatic carbocycles. The predicted octanol–water partition coefficient (Wildman–Crippen LogP) is 14.4. The largest absolute Gasteiger partial charge is 0.310 e. The van der Waals surface area contributed by atoms with Gasteiger partial charge in [-0.2, -0.15) is 0 Å². The van der Waals surface area contributed by atoms with Gasteiger partial charge in [0.2, 0.25) is 0 Å². The number of rotatable bonds is 7. The summed E-state index contributed by atoms with van der Waals surface area (Å²) >= 11 is 0. The first-order valence-corrected chi connectivity index (χ1v) is 18.1. The fourth-order valence-electron chi connectivity index (χ4n) is 7.77. The fraction of sp³-hybridized carbons (Fsp3) is 0. The molecule has 0 aliphatic heterocycles. The second-order valence-electron chi connectivity index (χ2n) is 13.4. The summed E-state index contributed by atoms with van der Waals surface area (Å²) in [5.74, 6) is 0. The fourth-order valence-corrected chi connectivity index (χ4v) is 7.77. The van der Waals surface area contributed by atoms with Crippen LogP contribution in [0.5, 0.6) is 0 Å². The Morgan fingerprint density at radius 3 is 1.76 bits per heavy atom. The van der Waals surface area contributed by atoms with E-state index in [1.807, 2.05) is 53.1 Å². The lowest BCUT2D eigenvalue weighted by molar-refractivity contribution is 1.18. The van der Waals surface area contributed by atoms with Crippen LogP contribution >= 0.6 is 0 Å². The average Bonchev–Trinajstić information content (AvgIpc) is 3.63. The molecule has 0 spiro atoms. The number of anilines is 3. The molecule has 0 bridgehead atoms. The van der Waals surface area contributed by atoms with Gasteiger partial charge in [0.15, 0.2) is 0 Å². The summed E-state index contributed by atoms with van der Waals surface area (Å²) in [5, 5.41) is 4.25. The van der Waals surface area contributed by atoms with Crippen LogP contribution < -0.4 is 4.90 Å². The van der Waals surface area contributed by atoms with Gasteiger partial charge in [-0.25, -0.2) is 0 Å². The lowest BCUT2D eigenvalue weighted by Crippen LogP contribution is -2.11. The molecule has 0 saturated heterocycles. The summed E-state index contributed by atoms with van der Waals surface area (Å²) in [4.78, 5) is 2.29. The molecule has 0 amide bonds. The quantitative estimate of drug-likeness (QED) is 0.161. The molecule has 254 valence electrons. The van der Waals surface area contributed by atoms with E-state index in [0.717, 1.165) is 72.2 Å². The molecule has 0 atom stereocenters. The van der Waals surface area contributed by atoms with E-state index < -0.39 is 6.04 Å². The van der Waals surface area contributed by atoms with Gasteiger partial charge in [0.25, 0.3) is 0 Å². The SMILES string of the molecule is [2H]c1c([2H])c([2H])c(-n2c3ccccc3c3c(-c4ccccc4N(c4ccc(-c5ccccc5)cc4)c4ccc(-c5ccc6ccccc6c5)cc4)cccc32)c([2H])c1[2H]. The van der Waals surface area contributed by atoms with Crippen molar-refractivity contribution in [3.63, 3.8) is 0 Å². The molecule has 0 N–H and O–H groups in total. The van der Waals surface area contributed by atoms with Crippen LogP contribution in [0, 0.1) is 0 Å². The van der Waals surface area contributed by atoms with Crippen molar-refractivity contribution in [2.24, 2.45) is 0 Å². The van der Waals surface area contributed by atoms with Gasteiger partial charge in [-0.15, -0.1) is 0 Å². The lowest BCUT2D eigenvalue weighted by Gasteiger charge is -2.28. The highest BCUT2D eigenvalue weighted by Crippen LogP contribution is 2.45. The van der Waals surface area contributed by atoms with Crippen molar-refractivity contribution in [2.75, 3.05) is 4.90 Å². The highest BCUT2D eigenvalue weighted by molar-refractivity contribution is 6.17. The topological polar surface area (TPSA) is 8.17 Å². The molecule has 54 heavy (non-hydrogen) atoms. The Morgan fingerprint density at radius 1 is 0.407 bits per heavy atom. The summed E-state index contributed by atoms with van der Waals surface area (Å²) in [6.45, 7) is 0. The molecule has 2 nitrogen and oxygen atoms in total. The van der Waals surface area contributed by atoms with E-state index in [-0.39, 0.29) is 29.9 Å². The van der Waals surface area contributed by atoms with Crippen molar-refractivity contribution >= 4 is 49.6 Å². The molecule has 0 unspecified atom stereocenters. The number of hydrogen-bond acceptors (Lipinski definition) is 1. The van der Waals surface area contributed by atoms with Crippen LogP contribution in [0.3, 0.4) is 0 Å². The van der Waals surface area contributed by atoms with Crippen LogP contribution in [0.1, 0.15) is 6.85 Å². The maximum atomic E-state index is 8.94. The Labute approximate surface area is 322 Å². The Hall–Kier alpha value is -7.16. The first kappa shape index (κ1) is 26.6. The third-order valence-corrected chi connectivity index (χ3v) is 10.3. The van der Waals surface area contributed by atoms with Crippen LogP contribution in [0.25, 0.3) is 71.6 Å². The number of nitrogens with zero attached hydrogens (tertiary/aromatic N) is 2. The number of aromatic nitrogens is 1. The molecule has 1 aromatic heterocycles. The zero-order valence-corrected chi connectivity index (χ0v) is 29.3. The third-order valence-electron chi connectivity index (χ3n) is 10.3. The molecular formula is C52H36N2. The summed E-state index contributed by atoms with van der Waals surface area (Å²) in [6, 6.07) is 63.4. The van der Waals surface area contributed by atoms with Crippen molar-refractivity contribution in [1.82, 2.24) is 4.57 Å². The molecule has 10 aromatic rings. The van der Waals surface area contributed by atoms with Crippen LogP contribution in [-0.4, -0.2) is 4.57 Å². The van der Waals surface area contributed by atoms with Gasteiger partial charge in [0, 0.05) is 33.4 Å². The standard InChI is InChI=1S/C52H36N2/c1-3-14-37(15-4-1)39-28-32-44(33-29-39)53(45-34-30-40(31-35-45)42-27-26-38-16-7-8-17-41(38)36-42)49-23-11-9-20-46(49)47-22-13-25-51-52(47)48-21-10-12-24-50(48)54(51)43-18-5-2-6-19-43/h1-36H/i2D,5D,6D,18D,19D. The van der Waals surface area contributed by atoms with Gasteiger partial charge in [-0.1, -0.05) is 158 Å². The highest BCUT2D eigenvalue weighted by Gasteiger charge is 2.21. The second kappa shape index (κ2) is 13.4. The van der Waals surface area contributed by atoms with E-state index in [1.165, 1.54) is 10.8 Å². The van der Waals surface area contributed by atoms with Gasteiger partial charge in [0.1, 0.15) is 0 Å². The number of para-hydroxylation sites is 3. The summed E-state index contributed by atoms with van der Waals surface area (Å²) in [7, 11) is 0. The van der Waals surface area contributed by atoms with Crippen LogP contribution in [0.4, 0.5) is 17.1 Å². The first-order valence-electron chi connectivity index (χ1n) is 20.6. The van der Waals surface area contributed by atoms with E-state index in [4.69, 9.17) is 6.85 Å². The number of benzene rings is 9. The van der Waals surface area contributed by atoms with Gasteiger partial charge in [0.05, 0.1) is 23.6 Å². The van der Waals surface area contributed by atoms with Crippen LogP contribution in [0.2, 0.25) is 0 Å². The molecule has 10 rings (SSSR count). The molecule has 0 fully saturated rings. The van der Waals surface area contributed by atoms with E-state index in [1.54, 1.807) is 0 Å². The van der Waals surface area contributed by atoms with Crippen molar-refractivity contribution in [2.45, 2.75) is 0 Å². The highest BCUT2D eigenvalue weighted by atomic mass is 15.1. The van der Waals surface area contributed by atoms with Crippen LogP contribution in [-0.2, 0) is 0 Å². The van der Waals surface area contributed by atoms with E-state index >= 15 is 0 Å². The van der Waals surface area contributed by atoms with Crippen molar-refractivity contribution in [3.05, 3.63) is 218 Å². The molecule has 9 aromatic carbocycles. The minimum absolute atomic E-state index is 0.124. The van der Waals surface area contributed by atoms with E-state index in [9.17, 15) is 0 Å². The summed E-state index contributed by atoms with van der Waals surface area (Å²) < 4.78 is 45.0. The Kier molecular flexibility index (Phi) is 6.61. The Bertz CT molecular complexity index is 3180. The van der Waals surface area contributed by atoms with Crippen molar-refractivity contribution in [1.29, 1.82) is 0 Å². The number of hydrogen-bond donors (Lipinski definition) is 0. The first-order chi connectivity index (χ1) is 28.9. The molecule has 2 heteroatoms. The summed E-state index contributed by atoms with van der Waals surface area (Å²) in [5.41, 5.74) is 11.0. The Morgan fingerprint density at radius 2 is 0.981 bits per heavy atom. The minimum atomic E-state index is -0.415. The number of fused-ring (bicyclic) bond motifs is 4. The maximum Gasteiger partial charge on any atom is 0.0645 e. The minimum Gasteiger partial charge on any atom is -0.310 e. The van der Waals surface area contributed by atoms with E-state index in [2.05, 4.69) is 144 Å². The third kappa shape index (κ3) is 5.53. The molecule has 1 heterocycles.